The van der Waals surface area contributed by atoms with Crippen LogP contribution in [-0.2, 0) is 6.42 Å². The Morgan fingerprint density at radius 3 is 3.30 bits per heavy atom. The maximum Gasteiger partial charge on any atom is 0.0797 e. The van der Waals surface area contributed by atoms with Gasteiger partial charge in [-0.3, -0.25) is 4.98 Å². The van der Waals surface area contributed by atoms with Crippen LogP contribution >= 0.6 is 0 Å². The lowest BCUT2D eigenvalue weighted by Gasteiger charge is -2.00. The molecule has 1 aromatic rings. The molecule has 0 amide bonds. The number of fused-ring (bicyclic) bond motifs is 1. The Morgan fingerprint density at radius 1 is 1.60 bits per heavy atom. The summed E-state index contributed by atoms with van der Waals surface area (Å²) in [6.45, 7) is 0. The van der Waals surface area contributed by atoms with E-state index in [-0.39, 0.29) is 6.10 Å². The molecule has 0 spiro atoms. The fraction of sp³-hybridized carbons (Fsp3) is 0.375. The first-order valence-corrected chi connectivity index (χ1v) is 3.49. The van der Waals surface area contributed by atoms with E-state index in [4.69, 9.17) is 0 Å². The van der Waals surface area contributed by atoms with Crippen molar-refractivity contribution in [1.29, 1.82) is 0 Å². The van der Waals surface area contributed by atoms with Crippen LogP contribution in [-0.4, -0.2) is 10.1 Å². The number of aryl methyl sites for hydroxylation is 1. The van der Waals surface area contributed by atoms with Crippen molar-refractivity contribution in [2.75, 3.05) is 0 Å². The summed E-state index contributed by atoms with van der Waals surface area (Å²) in [4.78, 5) is 3.98. The van der Waals surface area contributed by atoms with Crippen LogP contribution < -0.4 is 0 Å². The standard InChI is InChI=1S/C8H9NO/c10-8-2-1-6-5-9-4-3-7(6)8/h3-5,8,10H,1-2H2/t8-/m0/s1. The van der Waals surface area contributed by atoms with Gasteiger partial charge in [-0.25, -0.2) is 0 Å². The van der Waals surface area contributed by atoms with Crippen LogP contribution in [0.25, 0.3) is 0 Å². The maximum atomic E-state index is 9.35. The number of aromatic nitrogens is 1. The Labute approximate surface area is 59.5 Å². The number of aliphatic hydroxyl groups excluding tert-OH is 1. The second-order valence-corrected chi connectivity index (χ2v) is 2.63. The van der Waals surface area contributed by atoms with Gasteiger partial charge in [0.2, 0.25) is 0 Å². The van der Waals surface area contributed by atoms with Gasteiger partial charge in [0.1, 0.15) is 0 Å². The highest BCUT2D eigenvalue weighted by molar-refractivity contribution is 5.29. The third-order valence-corrected chi connectivity index (χ3v) is 1.99. The smallest absolute Gasteiger partial charge is 0.0797 e. The average molecular weight is 135 g/mol. The van der Waals surface area contributed by atoms with Crippen molar-refractivity contribution in [2.45, 2.75) is 18.9 Å². The molecular formula is C8H9NO. The van der Waals surface area contributed by atoms with Gasteiger partial charge >= 0.3 is 0 Å². The quantitative estimate of drug-likeness (QED) is 0.577. The molecule has 1 aromatic heterocycles. The monoisotopic (exact) mass is 135 g/mol. The van der Waals surface area contributed by atoms with Gasteiger partial charge in [0.05, 0.1) is 6.10 Å². The third-order valence-electron chi connectivity index (χ3n) is 1.99. The molecule has 0 aliphatic heterocycles. The highest BCUT2D eigenvalue weighted by Crippen LogP contribution is 2.29. The number of nitrogens with zero attached hydrogens (tertiary/aromatic N) is 1. The van der Waals surface area contributed by atoms with E-state index in [9.17, 15) is 5.11 Å². The molecule has 52 valence electrons. The Kier molecular flexibility index (Phi) is 1.21. The van der Waals surface area contributed by atoms with E-state index in [1.807, 2.05) is 12.3 Å². The van der Waals surface area contributed by atoms with Crippen LogP contribution in [0.15, 0.2) is 18.5 Å². The molecule has 10 heavy (non-hydrogen) atoms. The summed E-state index contributed by atoms with van der Waals surface area (Å²) in [7, 11) is 0. The lowest BCUT2D eigenvalue weighted by Crippen LogP contribution is -1.89. The van der Waals surface area contributed by atoms with E-state index in [0.29, 0.717) is 0 Å². The number of rotatable bonds is 0. The van der Waals surface area contributed by atoms with Crippen molar-refractivity contribution in [3.05, 3.63) is 29.6 Å². The first kappa shape index (κ1) is 5.86. The summed E-state index contributed by atoms with van der Waals surface area (Å²) in [5.41, 5.74) is 2.27. The first-order valence-electron chi connectivity index (χ1n) is 3.49. The molecule has 2 heteroatoms. The van der Waals surface area contributed by atoms with E-state index in [1.165, 1.54) is 5.56 Å². The molecule has 1 aliphatic rings. The van der Waals surface area contributed by atoms with E-state index in [1.54, 1.807) is 6.20 Å². The molecule has 0 unspecified atom stereocenters. The topological polar surface area (TPSA) is 33.1 Å². The van der Waals surface area contributed by atoms with Crippen molar-refractivity contribution < 1.29 is 5.11 Å². The van der Waals surface area contributed by atoms with Crippen molar-refractivity contribution in [3.8, 4) is 0 Å². The molecule has 0 aromatic carbocycles. The zero-order valence-electron chi connectivity index (χ0n) is 5.62. The molecule has 0 fully saturated rings. The Morgan fingerprint density at radius 2 is 2.50 bits per heavy atom. The Hall–Kier alpha value is -0.890. The molecule has 2 nitrogen and oxygen atoms in total. The van der Waals surface area contributed by atoms with Crippen molar-refractivity contribution >= 4 is 0 Å². The zero-order chi connectivity index (χ0) is 6.97. The van der Waals surface area contributed by atoms with Crippen LogP contribution in [0.3, 0.4) is 0 Å². The lowest BCUT2D eigenvalue weighted by atomic mass is 10.2. The average Bonchev–Trinajstić information content (AvgIpc) is 2.34. The third kappa shape index (κ3) is 0.727. The van der Waals surface area contributed by atoms with Crippen LogP contribution in [0.1, 0.15) is 23.7 Å². The number of pyridine rings is 1. The normalized spacial score (nSPS) is 22.7. The molecular weight excluding hydrogens is 126 g/mol. The van der Waals surface area contributed by atoms with Gasteiger partial charge in [0.15, 0.2) is 0 Å². The van der Waals surface area contributed by atoms with Crippen molar-refractivity contribution in [2.24, 2.45) is 0 Å². The minimum Gasteiger partial charge on any atom is -0.388 e. The summed E-state index contributed by atoms with van der Waals surface area (Å²) in [6.07, 6.45) is 5.17. The largest absolute Gasteiger partial charge is 0.388 e. The molecule has 0 saturated heterocycles. The van der Waals surface area contributed by atoms with Gasteiger partial charge in [-0.05, 0) is 30.0 Å². The van der Waals surface area contributed by atoms with Crippen LogP contribution in [0.4, 0.5) is 0 Å². The SMILES string of the molecule is O[C@H]1CCc2cnccc21. The van der Waals surface area contributed by atoms with Gasteiger partial charge < -0.3 is 5.11 Å². The van der Waals surface area contributed by atoms with Crippen LogP contribution in [0, 0.1) is 0 Å². The van der Waals surface area contributed by atoms with Crippen molar-refractivity contribution in [1.82, 2.24) is 4.98 Å². The number of hydrogen-bond donors (Lipinski definition) is 1. The molecule has 0 saturated carbocycles. The second kappa shape index (κ2) is 2.06. The lowest BCUT2D eigenvalue weighted by molar-refractivity contribution is 0.180. The van der Waals surface area contributed by atoms with E-state index >= 15 is 0 Å². The van der Waals surface area contributed by atoms with Crippen molar-refractivity contribution in [3.63, 3.8) is 0 Å². The highest BCUT2D eigenvalue weighted by Gasteiger charge is 2.18. The van der Waals surface area contributed by atoms with E-state index in [2.05, 4.69) is 4.98 Å². The first-order chi connectivity index (χ1) is 4.88. The summed E-state index contributed by atoms with van der Waals surface area (Å²) in [6, 6.07) is 1.90. The zero-order valence-corrected chi connectivity index (χ0v) is 5.62. The van der Waals surface area contributed by atoms with Gasteiger partial charge in [0, 0.05) is 12.4 Å². The molecule has 1 N–H and O–H groups in total. The maximum absolute atomic E-state index is 9.35. The van der Waals surface area contributed by atoms with E-state index < -0.39 is 0 Å². The fourth-order valence-electron chi connectivity index (χ4n) is 1.42. The highest BCUT2D eigenvalue weighted by atomic mass is 16.3. The predicted octanol–water partition coefficient (Wildman–Crippen LogP) is 1.06. The Balaban J connectivity index is 2.51. The molecule has 0 radical (unpaired) electrons. The van der Waals surface area contributed by atoms with Gasteiger partial charge in [-0.2, -0.15) is 0 Å². The minimum atomic E-state index is -0.238. The molecule has 1 atom stereocenters. The van der Waals surface area contributed by atoms with E-state index in [0.717, 1.165) is 18.4 Å². The minimum absolute atomic E-state index is 0.238. The van der Waals surface area contributed by atoms with Gasteiger partial charge in [-0.15, -0.1) is 0 Å². The van der Waals surface area contributed by atoms with Crippen LogP contribution in [0.2, 0.25) is 0 Å². The summed E-state index contributed by atoms with van der Waals surface area (Å²) >= 11 is 0. The van der Waals surface area contributed by atoms with Gasteiger partial charge in [-0.1, -0.05) is 0 Å². The summed E-state index contributed by atoms with van der Waals surface area (Å²) < 4.78 is 0. The summed E-state index contributed by atoms with van der Waals surface area (Å²) in [5, 5.41) is 9.35. The molecule has 1 heterocycles. The predicted molar refractivity (Wildman–Crippen MR) is 37.5 cm³/mol. The second-order valence-electron chi connectivity index (χ2n) is 2.63. The van der Waals surface area contributed by atoms with Crippen LogP contribution in [0.5, 0.6) is 0 Å². The molecule has 0 bridgehead atoms. The molecule has 2 rings (SSSR count). The van der Waals surface area contributed by atoms with Gasteiger partial charge in [0.25, 0.3) is 0 Å². The molecule has 1 aliphatic carbocycles. The Bertz CT molecular complexity index is 247. The summed E-state index contributed by atoms with van der Waals surface area (Å²) in [5.74, 6) is 0. The number of hydrogen-bond acceptors (Lipinski definition) is 2. The fourth-order valence-corrected chi connectivity index (χ4v) is 1.42. The number of aliphatic hydroxyl groups is 1.